The molecule has 9 nitrogen and oxygen atoms in total. The molecule has 0 amide bonds. The molecule has 3 rings (SSSR count). The van der Waals surface area contributed by atoms with E-state index in [2.05, 4.69) is 4.72 Å². The Hall–Kier alpha value is -2.94. The van der Waals surface area contributed by atoms with Gasteiger partial charge in [-0.15, -0.1) is 4.72 Å². The average Bonchev–Trinajstić information content (AvgIpc) is 2.83. The van der Waals surface area contributed by atoms with Crippen molar-refractivity contribution in [3.8, 4) is 11.1 Å². The highest BCUT2D eigenvalue weighted by Gasteiger charge is 2.30. The van der Waals surface area contributed by atoms with Crippen LogP contribution in [0.25, 0.3) is 11.1 Å². The van der Waals surface area contributed by atoms with E-state index in [1.165, 1.54) is 42.1 Å². The van der Waals surface area contributed by atoms with Crippen LogP contribution in [0.5, 0.6) is 0 Å². The zero-order chi connectivity index (χ0) is 29.3. The molecule has 4 N–H and O–H groups in total. The molecule has 2 aromatic carbocycles. The first-order valence-electron chi connectivity index (χ1n) is 11.8. The van der Waals surface area contributed by atoms with Crippen LogP contribution in [0, 0.1) is 11.6 Å². The van der Waals surface area contributed by atoms with Gasteiger partial charge < -0.3 is 9.12 Å². The van der Waals surface area contributed by atoms with E-state index in [0.29, 0.717) is 11.1 Å². The Balaban J connectivity index is 2.28. The van der Waals surface area contributed by atoms with E-state index < -0.39 is 56.3 Å². The summed E-state index contributed by atoms with van der Waals surface area (Å²) >= 11 is -1.52. The quantitative estimate of drug-likeness (QED) is 0.262. The minimum atomic E-state index is -4.16. The number of pyridine rings is 1. The first kappa shape index (κ1) is 30.6. The van der Waals surface area contributed by atoms with Gasteiger partial charge in [-0.05, 0) is 75.2 Å². The van der Waals surface area contributed by atoms with Gasteiger partial charge in [-0.2, -0.15) is 13.1 Å². The maximum atomic E-state index is 15.2. The normalized spacial score (nSPS) is 13.8. The summed E-state index contributed by atoms with van der Waals surface area (Å²) < 4.78 is 70.0. The molecule has 13 heteroatoms. The van der Waals surface area contributed by atoms with Gasteiger partial charge >= 0.3 is 0 Å². The maximum absolute atomic E-state index is 15.2. The van der Waals surface area contributed by atoms with Crippen LogP contribution in [-0.2, 0) is 35.2 Å². The molecular formula is C26H30F2N4O5S2. The Labute approximate surface area is 228 Å². The van der Waals surface area contributed by atoms with E-state index in [0.717, 1.165) is 18.2 Å². The zero-order valence-corrected chi connectivity index (χ0v) is 23.7. The molecule has 0 saturated carbocycles. The van der Waals surface area contributed by atoms with Crippen LogP contribution in [0.1, 0.15) is 60.8 Å². The molecule has 0 spiro atoms. The molecule has 2 unspecified atom stereocenters. The Bertz CT molecular complexity index is 1550. The van der Waals surface area contributed by atoms with Crippen LogP contribution < -0.4 is 20.1 Å². The lowest BCUT2D eigenvalue weighted by molar-refractivity contribution is 0.103. The van der Waals surface area contributed by atoms with Crippen LogP contribution in [0.2, 0.25) is 0 Å². The summed E-state index contributed by atoms with van der Waals surface area (Å²) in [5.41, 5.74) is 0.368. The standard InChI is InChI=1S/C26H30F2N4O5S2/c1-15(31-38(35)26(2,3)4)19-12-24(33)32(5)14-22(19)20-10-17(13-30-39(29,36)37)23(28)11-21(20)25(34)16-6-8-18(27)9-7-16/h6-12,14-15,30-31H,13H2,1-5H3,(H2,29,36,37). The number of rotatable bonds is 9. The van der Waals surface area contributed by atoms with Crippen LogP contribution >= 0.6 is 0 Å². The van der Waals surface area contributed by atoms with Gasteiger partial charge in [0.1, 0.15) is 16.4 Å². The monoisotopic (exact) mass is 580 g/mol. The van der Waals surface area contributed by atoms with Crippen LogP contribution in [0.4, 0.5) is 8.78 Å². The minimum absolute atomic E-state index is 0.0823. The van der Waals surface area contributed by atoms with Crippen molar-refractivity contribution in [1.82, 2.24) is 14.0 Å². The zero-order valence-electron chi connectivity index (χ0n) is 22.0. The summed E-state index contributed by atoms with van der Waals surface area (Å²) in [5, 5.41) is 5.01. The smallest absolute Gasteiger partial charge is 0.274 e. The van der Waals surface area contributed by atoms with Crippen LogP contribution in [-0.4, -0.2) is 28.1 Å². The fourth-order valence-electron chi connectivity index (χ4n) is 3.73. The highest BCUT2D eigenvalue weighted by atomic mass is 32.2. The fourth-order valence-corrected chi connectivity index (χ4v) is 4.89. The number of carbonyl (C=O) groups excluding carboxylic acids is 1. The summed E-state index contributed by atoms with van der Waals surface area (Å²) in [7, 11) is -2.66. The molecule has 1 aromatic heterocycles. The number of nitrogens with one attached hydrogen (secondary N) is 2. The Morgan fingerprint density at radius 1 is 1.13 bits per heavy atom. The van der Waals surface area contributed by atoms with Crippen molar-refractivity contribution >= 4 is 27.4 Å². The molecule has 0 radical (unpaired) electrons. The van der Waals surface area contributed by atoms with E-state index in [1.807, 2.05) is 4.72 Å². The number of aromatic nitrogens is 1. The second-order valence-corrected chi connectivity index (χ2v) is 13.4. The molecule has 0 bridgehead atoms. The topological polar surface area (TPSA) is 146 Å². The van der Waals surface area contributed by atoms with Crippen LogP contribution in [0.15, 0.2) is 53.5 Å². The SMILES string of the molecule is CC(N[S+]([O-])C(C)(C)C)c1cc(=O)n(C)cc1-c1cc(CNS(N)(=O)=O)c(F)cc1C(=O)c1ccc(F)cc1. The third-order valence-corrected chi connectivity index (χ3v) is 8.09. The van der Waals surface area contributed by atoms with Crippen molar-refractivity contribution in [2.75, 3.05) is 0 Å². The highest BCUT2D eigenvalue weighted by molar-refractivity contribution is 7.90. The van der Waals surface area contributed by atoms with Gasteiger partial charge in [0.25, 0.3) is 15.8 Å². The summed E-state index contributed by atoms with van der Waals surface area (Å²) in [5.74, 6) is -2.07. The minimum Gasteiger partial charge on any atom is -0.598 e. The number of hydrogen-bond acceptors (Lipinski definition) is 6. The number of halogens is 2. The van der Waals surface area contributed by atoms with Gasteiger partial charge in [0.2, 0.25) is 0 Å². The van der Waals surface area contributed by atoms with Crippen molar-refractivity contribution < 1.29 is 26.5 Å². The maximum Gasteiger partial charge on any atom is 0.274 e. The van der Waals surface area contributed by atoms with Gasteiger partial charge in [0.05, 0.1) is 6.04 Å². The van der Waals surface area contributed by atoms with Gasteiger partial charge in [-0.25, -0.2) is 13.9 Å². The first-order chi connectivity index (χ1) is 18.0. The third kappa shape index (κ3) is 7.59. The highest BCUT2D eigenvalue weighted by Crippen LogP contribution is 2.34. The predicted molar refractivity (Wildman–Crippen MR) is 146 cm³/mol. The number of nitrogens with zero attached hydrogens (tertiary/aromatic N) is 1. The van der Waals surface area contributed by atoms with Crippen molar-refractivity contribution in [2.24, 2.45) is 12.2 Å². The van der Waals surface area contributed by atoms with Crippen molar-refractivity contribution in [3.05, 3.63) is 92.9 Å². The van der Waals surface area contributed by atoms with E-state index in [-0.39, 0.29) is 27.8 Å². The molecule has 2 atom stereocenters. The van der Waals surface area contributed by atoms with Gasteiger partial charge in [-0.3, -0.25) is 9.59 Å². The molecule has 3 aromatic rings. The van der Waals surface area contributed by atoms with E-state index in [4.69, 9.17) is 5.14 Å². The number of nitrogens with two attached hydrogens (primary N) is 1. The lowest BCUT2D eigenvalue weighted by Gasteiger charge is -2.27. The second kappa shape index (κ2) is 11.7. The van der Waals surface area contributed by atoms with Crippen molar-refractivity contribution in [1.29, 1.82) is 0 Å². The van der Waals surface area contributed by atoms with E-state index in [1.54, 1.807) is 27.7 Å². The molecule has 0 aliphatic heterocycles. The first-order valence-corrected chi connectivity index (χ1v) is 14.5. The number of ketones is 1. The second-order valence-electron chi connectivity index (χ2n) is 10.0. The molecule has 0 aliphatic rings. The molecule has 210 valence electrons. The van der Waals surface area contributed by atoms with Gasteiger partial charge in [0.15, 0.2) is 5.78 Å². The van der Waals surface area contributed by atoms with E-state index in [9.17, 15) is 27.0 Å². The fraction of sp³-hybridized carbons (Fsp3) is 0.308. The summed E-state index contributed by atoms with van der Waals surface area (Å²) in [6, 6.07) is 7.63. The molecule has 0 saturated heterocycles. The van der Waals surface area contributed by atoms with Gasteiger partial charge in [0, 0.05) is 59.5 Å². The predicted octanol–water partition coefficient (Wildman–Crippen LogP) is 2.97. The van der Waals surface area contributed by atoms with E-state index >= 15 is 4.39 Å². The molecule has 0 aliphatic carbocycles. The number of hydrogen-bond donors (Lipinski definition) is 3. The summed E-state index contributed by atoms with van der Waals surface area (Å²) in [6.07, 6.45) is 1.46. The number of benzene rings is 2. The average molecular weight is 581 g/mol. The number of aryl methyl sites for hydroxylation is 1. The van der Waals surface area contributed by atoms with Crippen molar-refractivity contribution in [3.63, 3.8) is 0 Å². The lowest BCUT2D eigenvalue weighted by atomic mass is 9.89. The van der Waals surface area contributed by atoms with Crippen molar-refractivity contribution in [2.45, 2.75) is 45.0 Å². The summed E-state index contributed by atoms with van der Waals surface area (Å²) in [6.45, 7) is 6.51. The Morgan fingerprint density at radius 2 is 1.74 bits per heavy atom. The Kier molecular flexibility index (Phi) is 9.15. The largest absolute Gasteiger partial charge is 0.598 e. The molecule has 39 heavy (non-hydrogen) atoms. The third-order valence-electron chi connectivity index (χ3n) is 5.86. The molecule has 0 fully saturated rings. The summed E-state index contributed by atoms with van der Waals surface area (Å²) in [4.78, 5) is 26.1. The molecular weight excluding hydrogens is 550 g/mol. The molecule has 1 heterocycles. The van der Waals surface area contributed by atoms with Gasteiger partial charge in [-0.1, -0.05) is 0 Å². The Morgan fingerprint density at radius 3 is 2.31 bits per heavy atom. The number of carbonyl (C=O) groups is 1. The van der Waals surface area contributed by atoms with Crippen LogP contribution in [0.3, 0.4) is 0 Å². The lowest BCUT2D eigenvalue weighted by Crippen LogP contribution is -2.41.